The van der Waals surface area contributed by atoms with Crippen molar-refractivity contribution in [3.8, 4) is 0 Å². The molecular formula is C14H26N2O3. The minimum atomic E-state index is -0.969. The van der Waals surface area contributed by atoms with Crippen LogP contribution in [0.5, 0.6) is 0 Å². The normalized spacial score (nSPS) is 24.0. The number of carboxylic acids is 1. The van der Waals surface area contributed by atoms with Crippen LogP contribution in [0.3, 0.4) is 0 Å². The summed E-state index contributed by atoms with van der Waals surface area (Å²) in [5.74, 6) is -0.939. The first kappa shape index (κ1) is 16.0. The molecule has 2 unspecified atom stereocenters. The fraction of sp³-hybridized carbons (Fsp3) is 0.857. The first-order chi connectivity index (χ1) is 8.77. The maximum atomic E-state index is 12.7. The Bertz CT molecular complexity index is 336. The van der Waals surface area contributed by atoms with E-state index in [1.54, 1.807) is 0 Å². The maximum Gasteiger partial charge on any atom is 0.323 e. The predicted octanol–water partition coefficient (Wildman–Crippen LogP) is 1.46. The van der Waals surface area contributed by atoms with Gasteiger partial charge in [0, 0.05) is 11.5 Å². The fourth-order valence-electron chi connectivity index (χ4n) is 2.80. The van der Waals surface area contributed by atoms with E-state index in [-0.39, 0.29) is 24.3 Å². The Morgan fingerprint density at radius 2 is 1.84 bits per heavy atom. The number of carbonyl (C=O) groups is 2. The van der Waals surface area contributed by atoms with Gasteiger partial charge < -0.3 is 15.7 Å². The number of nitrogens with zero attached hydrogens (tertiary/aromatic N) is 1. The molecule has 110 valence electrons. The molecule has 0 radical (unpaired) electrons. The molecule has 0 heterocycles. The van der Waals surface area contributed by atoms with Gasteiger partial charge in [-0.2, -0.15) is 0 Å². The summed E-state index contributed by atoms with van der Waals surface area (Å²) in [5.41, 5.74) is 5.27. The molecule has 0 aliphatic heterocycles. The number of aliphatic carboxylic acids is 1. The third-order valence-electron chi connectivity index (χ3n) is 3.90. The quantitative estimate of drug-likeness (QED) is 0.810. The van der Waals surface area contributed by atoms with Crippen molar-refractivity contribution in [1.82, 2.24) is 4.90 Å². The summed E-state index contributed by atoms with van der Waals surface area (Å²) >= 11 is 0. The van der Waals surface area contributed by atoms with Crippen molar-refractivity contribution in [1.29, 1.82) is 0 Å². The van der Waals surface area contributed by atoms with Gasteiger partial charge in [0.25, 0.3) is 0 Å². The summed E-state index contributed by atoms with van der Waals surface area (Å²) in [6, 6.07) is 0. The van der Waals surface area contributed by atoms with E-state index in [2.05, 4.69) is 0 Å². The molecule has 5 nitrogen and oxygen atoms in total. The Labute approximate surface area is 115 Å². The highest BCUT2D eigenvalue weighted by molar-refractivity contribution is 5.84. The van der Waals surface area contributed by atoms with E-state index < -0.39 is 11.5 Å². The van der Waals surface area contributed by atoms with Gasteiger partial charge in [-0.3, -0.25) is 9.59 Å². The van der Waals surface area contributed by atoms with E-state index in [0.29, 0.717) is 6.54 Å². The number of carboxylic acid groups (broad SMARTS) is 1. The average molecular weight is 270 g/mol. The lowest BCUT2D eigenvalue weighted by molar-refractivity contribution is -0.152. The molecule has 1 amide bonds. The van der Waals surface area contributed by atoms with Gasteiger partial charge in [-0.05, 0) is 46.1 Å². The monoisotopic (exact) mass is 270 g/mol. The molecule has 1 fully saturated rings. The molecular weight excluding hydrogens is 244 g/mol. The minimum Gasteiger partial charge on any atom is -0.480 e. The van der Waals surface area contributed by atoms with Gasteiger partial charge in [0.2, 0.25) is 5.91 Å². The lowest BCUT2D eigenvalue weighted by Gasteiger charge is -2.40. The lowest BCUT2D eigenvalue weighted by atomic mass is 9.78. The Balaban J connectivity index is 2.88. The largest absolute Gasteiger partial charge is 0.480 e. The molecule has 1 aliphatic rings. The number of hydrogen-bond donors (Lipinski definition) is 2. The summed E-state index contributed by atoms with van der Waals surface area (Å²) in [7, 11) is 0. The molecule has 1 saturated carbocycles. The van der Waals surface area contributed by atoms with Crippen LogP contribution < -0.4 is 5.73 Å². The molecule has 0 aromatic carbocycles. The van der Waals surface area contributed by atoms with Crippen LogP contribution in [0.15, 0.2) is 0 Å². The molecule has 2 atom stereocenters. The number of rotatable bonds is 4. The smallest absolute Gasteiger partial charge is 0.323 e. The Morgan fingerprint density at radius 1 is 1.26 bits per heavy atom. The van der Waals surface area contributed by atoms with Crippen LogP contribution in [-0.4, -0.2) is 40.5 Å². The molecule has 0 spiro atoms. The third-order valence-corrected chi connectivity index (χ3v) is 3.90. The highest BCUT2D eigenvalue weighted by Gasteiger charge is 2.37. The molecule has 0 bridgehead atoms. The second kappa shape index (κ2) is 6.37. The van der Waals surface area contributed by atoms with Gasteiger partial charge in [0.15, 0.2) is 0 Å². The SMILES string of the molecule is CC(C)(C)N(CC(=O)O)C(=O)C1CCCCC1CN. The number of hydrogen-bond acceptors (Lipinski definition) is 3. The van der Waals surface area contributed by atoms with Gasteiger partial charge in [-0.25, -0.2) is 0 Å². The van der Waals surface area contributed by atoms with Crippen LogP contribution >= 0.6 is 0 Å². The van der Waals surface area contributed by atoms with Crippen molar-refractivity contribution >= 4 is 11.9 Å². The second-order valence-corrected chi connectivity index (χ2v) is 6.38. The minimum absolute atomic E-state index is 0.0509. The van der Waals surface area contributed by atoms with Crippen molar-refractivity contribution in [2.75, 3.05) is 13.1 Å². The summed E-state index contributed by atoms with van der Waals surface area (Å²) < 4.78 is 0. The van der Waals surface area contributed by atoms with Crippen LogP contribution in [0.25, 0.3) is 0 Å². The molecule has 1 rings (SSSR count). The number of amides is 1. The van der Waals surface area contributed by atoms with E-state index in [1.165, 1.54) is 4.90 Å². The third kappa shape index (κ3) is 4.20. The lowest BCUT2D eigenvalue weighted by Crippen LogP contribution is -2.52. The van der Waals surface area contributed by atoms with Crippen molar-refractivity contribution in [2.24, 2.45) is 17.6 Å². The zero-order valence-electron chi connectivity index (χ0n) is 12.2. The molecule has 3 N–H and O–H groups in total. The molecule has 0 saturated heterocycles. The average Bonchev–Trinajstić information content (AvgIpc) is 2.33. The maximum absolute atomic E-state index is 12.7. The fourth-order valence-corrected chi connectivity index (χ4v) is 2.80. The first-order valence-electron chi connectivity index (χ1n) is 7.00. The molecule has 0 aromatic rings. The summed E-state index contributed by atoms with van der Waals surface area (Å²) in [6.45, 7) is 5.87. The van der Waals surface area contributed by atoms with Crippen LogP contribution in [0.2, 0.25) is 0 Å². The van der Waals surface area contributed by atoms with Crippen molar-refractivity contribution in [3.63, 3.8) is 0 Å². The highest BCUT2D eigenvalue weighted by Crippen LogP contribution is 2.32. The first-order valence-corrected chi connectivity index (χ1v) is 7.00. The van der Waals surface area contributed by atoms with Crippen molar-refractivity contribution in [2.45, 2.75) is 52.0 Å². The zero-order valence-corrected chi connectivity index (χ0v) is 12.2. The van der Waals surface area contributed by atoms with E-state index in [0.717, 1.165) is 25.7 Å². The number of nitrogens with two attached hydrogens (primary N) is 1. The molecule has 0 aromatic heterocycles. The van der Waals surface area contributed by atoms with Crippen molar-refractivity contribution < 1.29 is 14.7 Å². The van der Waals surface area contributed by atoms with E-state index in [9.17, 15) is 9.59 Å². The van der Waals surface area contributed by atoms with Gasteiger partial charge >= 0.3 is 5.97 Å². The summed E-state index contributed by atoms with van der Waals surface area (Å²) in [4.78, 5) is 25.1. The topological polar surface area (TPSA) is 83.6 Å². The van der Waals surface area contributed by atoms with Crippen LogP contribution in [0.4, 0.5) is 0 Å². The Hall–Kier alpha value is -1.10. The Morgan fingerprint density at radius 3 is 2.32 bits per heavy atom. The molecule has 5 heteroatoms. The van der Waals surface area contributed by atoms with Crippen LogP contribution in [0.1, 0.15) is 46.5 Å². The standard InChI is InChI=1S/C14H26N2O3/c1-14(2,3)16(9-12(17)18)13(19)11-7-5-4-6-10(11)8-15/h10-11H,4-9,15H2,1-3H3,(H,17,18). The van der Waals surface area contributed by atoms with Crippen LogP contribution in [0, 0.1) is 11.8 Å². The summed E-state index contributed by atoms with van der Waals surface area (Å²) in [6.07, 6.45) is 3.93. The van der Waals surface area contributed by atoms with Gasteiger partial charge in [0.1, 0.15) is 6.54 Å². The predicted molar refractivity (Wildman–Crippen MR) is 73.6 cm³/mol. The van der Waals surface area contributed by atoms with Gasteiger partial charge in [-0.1, -0.05) is 12.8 Å². The summed E-state index contributed by atoms with van der Waals surface area (Å²) in [5, 5.41) is 9.00. The second-order valence-electron chi connectivity index (χ2n) is 6.38. The van der Waals surface area contributed by atoms with E-state index in [1.807, 2.05) is 20.8 Å². The van der Waals surface area contributed by atoms with Crippen molar-refractivity contribution in [3.05, 3.63) is 0 Å². The number of carbonyl (C=O) groups excluding carboxylic acids is 1. The molecule has 19 heavy (non-hydrogen) atoms. The van der Waals surface area contributed by atoms with Crippen LogP contribution in [-0.2, 0) is 9.59 Å². The Kier molecular flexibility index (Phi) is 5.35. The van der Waals surface area contributed by atoms with E-state index in [4.69, 9.17) is 10.8 Å². The highest BCUT2D eigenvalue weighted by atomic mass is 16.4. The van der Waals surface area contributed by atoms with Gasteiger partial charge in [0.05, 0.1) is 0 Å². The van der Waals surface area contributed by atoms with Gasteiger partial charge in [-0.15, -0.1) is 0 Å². The molecule has 1 aliphatic carbocycles. The van der Waals surface area contributed by atoms with E-state index >= 15 is 0 Å². The zero-order chi connectivity index (χ0) is 14.6.